The molecule has 5 rings (SSSR count). The first-order valence-electron chi connectivity index (χ1n) is 12.7. The first-order chi connectivity index (χ1) is 21.0. The van der Waals surface area contributed by atoms with E-state index >= 15 is 4.39 Å². The molecular weight excluding hydrogens is 618 g/mol. The van der Waals surface area contributed by atoms with Gasteiger partial charge in [-0.05, 0) is 48.5 Å². The molecule has 0 saturated carbocycles. The standard InChI is InChI=1S/C29H23ClF2N6O5S/c1-38-10-9-36-28(38)16-12-15(44(41)22-4-2-3-17(30)23(22)27(35)40)6-8-20(16)42-25-18(31)13-37-29(24(25)32)43-21-11-14(26(33)34)5-7-19(21)39/h2-8,11-13,39H,9-10H2,1H3,(H3,33,34)(H2,35,40). The molecule has 3 aromatic carbocycles. The summed E-state index contributed by atoms with van der Waals surface area (Å²) < 4.78 is 55.3. The van der Waals surface area contributed by atoms with Crippen LogP contribution in [0.5, 0.6) is 28.9 Å². The Labute approximate surface area is 256 Å². The van der Waals surface area contributed by atoms with E-state index < -0.39 is 45.7 Å². The third-order valence-corrected chi connectivity index (χ3v) is 8.21. The number of aromatic hydroxyl groups is 1. The van der Waals surface area contributed by atoms with Crippen molar-refractivity contribution in [2.75, 3.05) is 20.1 Å². The summed E-state index contributed by atoms with van der Waals surface area (Å²) in [6, 6.07) is 12.4. The second-order valence-electron chi connectivity index (χ2n) is 9.39. The number of hydrogen-bond donors (Lipinski definition) is 4. The number of benzene rings is 3. The molecule has 0 saturated heterocycles. The number of hydrogen-bond acceptors (Lipinski definition) is 9. The van der Waals surface area contributed by atoms with Crippen LogP contribution in [0.2, 0.25) is 5.02 Å². The molecule has 11 nitrogen and oxygen atoms in total. The van der Waals surface area contributed by atoms with Gasteiger partial charge in [-0.25, -0.2) is 13.6 Å². The van der Waals surface area contributed by atoms with Gasteiger partial charge < -0.3 is 30.9 Å². The summed E-state index contributed by atoms with van der Waals surface area (Å²) in [5, 5.41) is 17.8. The van der Waals surface area contributed by atoms with Gasteiger partial charge >= 0.3 is 0 Å². The van der Waals surface area contributed by atoms with Crippen LogP contribution in [0.15, 0.2) is 75.6 Å². The maximum Gasteiger partial charge on any atom is 0.260 e. The first-order valence-corrected chi connectivity index (χ1v) is 14.3. The molecule has 1 aromatic heterocycles. The lowest BCUT2D eigenvalue weighted by Crippen LogP contribution is -2.24. The van der Waals surface area contributed by atoms with E-state index in [0.717, 1.165) is 0 Å². The highest BCUT2D eigenvalue weighted by molar-refractivity contribution is 7.85. The summed E-state index contributed by atoms with van der Waals surface area (Å²) >= 11 is 6.15. The number of phenols is 1. The van der Waals surface area contributed by atoms with E-state index in [-0.39, 0.29) is 48.8 Å². The summed E-state index contributed by atoms with van der Waals surface area (Å²) in [6.45, 7) is 0.971. The maximum absolute atomic E-state index is 15.6. The minimum Gasteiger partial charge on any atom is -0.504 e. The molecule has 1 amide bonds. The van der Waals surface area contributed by atoms with E-state index in [4.69, 9.17) is 38.0 Å². The lowest BCUT2D eigenvalue weighted by atomic mass is 10.1. The zero-order valence-electron chi connectivity index (χ0n) is 22.8. The monoisotopic (exact) mass is 640 g/mol. The van der Waals surface area contributed by atoms with Crippen molar-refractivity contribution in [2.45, 2.75) is 9.79 Å². The van der Waals surface area contributed by atoms with Crippen molar-refractivity contribution >= 4 is 40.0 Å². The number of nitrogens with zero attached hydrogens (tertiary/aromatic N) is 3. The largest absolute Gasteiger partial charge is 0.504 e. The van der Waals surface area contributed by atoms with E-state index in [0.29, 0.717) is 25.1 Å². The van der Waals surface area contributed by atoms with Crippen molar-refractivity contribution in [3.8, 4) is 28.9 Å². The van der Waals surface area contributed by atoms with Gasteiger partial charge in [-0.3, -0.25) is 15.2 Å². The van der Waals surface area contributed by atoms with Gasteiger partial charge in [0.1, 0.15) is 17.4 Å². The Kier molecular flexibility index (Phi) is 8.47. The Bertz CT molecular complexity index is 1890. The highest BCUT2D eigenvalue weighted by Gasteiger charge is 2.26. The molecule has 44 heavy (non-hydrogen) atoms. The van der Waals surface area contributed by atoms with Gasteiger partial charge in [0.15, 0.2) is 17.3 Å². The zero-order chi connectivity index (χ0) is 31.7. The average molecular weight is 641 g/mol. The number of phenolic OH excluding ortho intramolecular Hbond substituents is 1. The molecule has 1 aliphatic heterocycles. The predicted octanol–water partition coefficient (Wildman–Crippen LogP) is 4.55. The number of halogens is 3. The van der Waals surface area contributed by atoms with Crippen LogP contribution in [0, 0.1) is 17.0 Å². The number of rotatable bonds is 9. The minimum atomic E-state index is -1.95. The number of nitrogen functional groups attached to an aromatic ring is 1. The number of amides is 1. The van der Waals surface area contributed by atoms with Gasteiger partial charge in [-0.2, -0.15) is 4.39 Å². The summed E-state index contributed by atoms with van der Waals surface area (Å²) in [5.41, 5.74) is 11.3. The number of primary amides is 1. The molecule has 6 N–H and O–H groups in total. The Hall–Kier alpha value is -5.08. The normalized spacial score (nSPS) is 13.4. The van der Waals surface area contributed by atoms with Gasteiger partial charge in [0.05, 0.1) is 44.6 Å². The van der Waals surface area contributed by atoms with E-state index in [9.17, 15) is 18.5 Å². The Morgan fingerprint density at radius 3 is 2.57 bits per heavy atom. The van der Waals surface area contributed by atoms with E-state index in [1.807, 2.05) is 0 Å². The maximum atomic E-state index is 15.6. The number of carbonyl (C=O) groups excluding carboxylic acids is 1. The van der Waals surface area contributed by atoms with Gasteiger partial charge in [0.25, 0.3) is 11.8 Å². The molecule has 15 heteroatoms. The lowest BCUT2D eigenvalue weighted by molar-refractivity contribution is 0.0997. The third kappa shape index (κ3) is 5.89. The summed E-state index contributed by atoms with van der Waals surface area (Å²) in [4.78, 5) is 22.2. The summed E-state index contributed by atoms with van der Waals surface area (Å²) in [6.07, 6.45) is 0.673. The average Bonchev–Trinajstić information content (AvgIpc) is 3.42. The molecule has 0 radical (unpaired) electrons. The topological polar surface area (TPSA) is 177 Å². The predicted molar refractivity (Wildman–Crippen MR) is 159 cm³/mol. The van der Waals surface area contributed by atoms with Crippen molar-refractivity contribution in [1.29, 1.82) is 5.41 Å². The van der Waals surface area contributed by atoms with E-state index in [1.54, 1.807) is 11.9 Å². The molecule has 0 spiro atoms. The smallest absolute Gasteiger partial charge is 0.260 e. The Morgan fingerprint density at radius 1 is 1.11 bits per heavy atom. The number of amidine groups is 2. The van der Waals surface area contributed by atoms with Crippen LogP contribution in [0.25, 0.3) is 0 Å². The van der Waals surface area contributed by atoms with Gasteiger partial charge in [0, 0.05) is 24.1 Å². The summed E-state index contributed by atoms with van der Waals surface area (Å²) in [7, 11) is -0.196. The number of nitrogens with one attached hydrogen (secondary N) is 1. The van der Waals surface area contributed by atoms with E-state index in [1.165, 1.54) is 54.6 Å². The highest BCUT2D eigenvalue weighted by Crippen LogP contribution is 2.38. The number of aliphatic imine (C=N–C) groups is 1. The van der Waals surface area contributed by atoms with Crippen molar-refractivity contribution in [3.63, 3.8) is 0 Å². The van der Waals surface area contributed by atoms with Gasteiger partial charge in [-0.15, -0.1) is 0 Å². The molecule has 2 heterocycles. The van der Waals surface area contributed by atoms with E-state index in [2.05, 4.69) is 9.98 Å². The van der Waals surface area contributed by atoms with Crippen molar-refractivity contribution in [1.82, 2.24) is 9.88 Å². The number of ether oxygens (including phenoxy) is 2. The minimum absolute atomic E-state index is 0.0337. The van der Waals surface area contributed by atoms with Crippen LogP contribution in [-0.2, 0) is 10.8 Å². The fraction of sp³-hybridized carbons (Fsp3) is 0.103. The molecule has 1 aliphatic rings. The molecule has 4 aromatic rings. The van der Waals surface area contributed by atoms with Crippen molar-refractivity contribution in [2.24, 2.45) is 16.5 Å². The van der Waals surface area contributed by atoms with Crippen LogP contribution in [0.1, 0.15) is 21.5 Å². The van der Waals surface area contributed by atoms with Gasteiger partial charge in [0.2, 0.25) is 11.6 Å². The second kappa shape index (κ2) is 12.3. The van der Waals surface area contributed by atoms with Crippen LogP contribution in [0.3, 0.4) is 0 Å². The quantitative estimate of drug-likeness (QED) is 0.152. The Balaban J connectivity index is 1.56. The lowest BCUT2D eigenvalue weighted by Gasteiger charge is -2.19. The van der Waals surface area contributed by atoms with Crippen molar-refractivity contribution in [3.05, 3.63) is 94.1 Å². The SMILES string of the molecule is CN1CCN=C1c1cc(S(=O)c2cccc(Cl)c2C(N)=O)ccc1Oc1c(F)cnc(Oc2cc(C(=N)N)ccc2O)c1F. The number of carbonyl (C=O) groups is 1. The third-order valence-electron chi connectivity index (χ3n) is 6.47. The molecule has 0 fully saturated rings. The van der Waals surface area contributed by atoms with Crippen LogP contribution in [0.4, 0.5) is 8.78 Å². The second-order valence-corrected chi connectivity index (χ2v) is 11.2. The summed E-state index contributed by atoms with van der Waals surface area (Å²) in [5.74, 6) is -5.63. The van der Waals surface area contributed by atoms with Crippen LogP contribution < -0.4 is 20.9 Å². The molecule has 0 aliphatic carbocycles. The fourth-order valence-corrected chi connectivity index (χ4v) is 5.90. The molecule has 0 bridgehead atoms. The first kappa shape index (κ1) is 30.4. The zero-order valence-corrected chi connectivity index (χ0v) is 24.4. The number of likely N-dealkylation sites (N-methyl/N-ethyl adjacent to an activating group) is 1. The fourth-order valence-electron chi connectivity index (χ4n) is 4.31. The van der Waals surface area contributed by atoms with Gasteiger partial charge in [-0.1, -0.05) is 17.7 Å². The van der Waals surface area contributed by atoms with Crippen molar-refractivity contribution < 1.29 is 32.4 Å². The van der Waals surface area contributed by atoms with Crippen LogP contribution >= 0.6 is 11.6 Å². The molecular formula is C29H23ClF2N6O5S. The number of pyridine rings is 1. The number of aromatic nitrogens is 1. The van der Waals surface area contributed by atoms with Crippen LogP contribution in [-0.4, -0.2) is 56.9 Å². The molecule has 1 unspecified atom stereocenters. The Morgan fingerprint density at radius 2 is 1.89 bits per heavy atom. The molecule has 1 atom stereocenters. The highest BCUT2D eigenvalue weighted by atomic mass is 35.5. The molecule has 226 valence electrons. The number of nitrogens with two attached hydrogens (primary N) is 2.